The molecule has 0 saturated carbocycles. The molecule has 29 heavy (non-hydrogen) atoms. The Hall–Kier alpha value is -0.640. The summed E-state index contributed by atoms with van der Waals surface area (Å²) in [5.74, 6) is 0.0996. The molecule has 4 heterocycles. The van der Waals surface area contributed by atoms with E-state index in [0.29, 0.717) is 28.6 Å². The molecule has 4 rings (SSSR count). The Morgan fingerprint density at radius 1 is 1.41 bits per heavy atom. The van der Waals surface area contributed by atoms with Crippen molar-refractivity contribution >= 4 is 44.4 Å². The molecule has 0 N–H and O–H groups in total. The van der Waals surface area contributed by atoms with Crippen LogP contribution in [0.1, 0.15) is 35.8 Å². The molecule has 1 spiro atoms. The van der Waals surface area contributed by atoms with E-state index in [1.54, 1.807) is 16.0 Å². The Morgan fingerprint density at radius 2 is 2.21 bits per heavy atom. The van der Waals surface area contributed by atoms with Gasteiger partial charge in [-0.3, -0.25) is 9.58 Å². The largest absolute Gasteiger partial charge is 0.369 e. The van der Waals surface area contributed by atoms with E-state index < -0.39 is 9.84 Å². The third-order valence-electron chi connectivity index (χ3n) is 5.86. The molecule has 0 amide bonds. The van der Waals surface area contributed by atoms with Crippen molar-refractivity contribution in [1.29, 1.82) is 0 Å². The van der Waals surface area contributed by atoms with Crippen LogP contribution in [0.3, 0.4) is 0 Å². The van der Waals surface area contributed by atoms with E-state index in [4.69, 9.17) is 27.9 Å². The van der Waals surface area contributed by atoms with Crippen molar-refractivity contribution < 1.29 is 13.2 Å². The number of hydrogen-bond donors (Lipinski definition) is 0. The van der Waals surface area contributed by atoms with Gasteiger partial charge in [0.1, 0.15) is 19.8 Å². The number of halogens is 2. The fourth-order valence-electron chi connectivity index (χ4n) is 4.35. The van der Waals surface area contributed by atoms with E-state index in [-0.39, 0.29) is 11.4 Å². The maximum absolute atomic E-state index is 11.4. The zero-order valence-electron chi connectivity index (χ0n) is 16.5. The second-order valence-corrected chi connectivity index (χ2v) is 12.4. The van der Waals surface area contributed by atoms with Gasteiger partial charge in [0, 0.05) is 42.0 Å². The summed E-state index contributed by atoms with van der Waals surface area (Å²) in [5.41, 5.74) is 1.97. The van der Waals surface area contributed by atoms with Crippen LogP contribution in [-0.4, -0.2) is 54.3 Å². The van der Waals surface area contributed by atoms with E-state index in [9.17, 15) is 8.42 Å². The molecule has 2 aliphatic heterocycles. The number of aryl methyl sites for hydroxylation is 1. The van der Waals surface area contributed by atoms with Crippen molar-refractivity contribution in [3.8, 4) is 0 Å². The molecule has 160 valence electrons. The van der Waals surface area contributed by atoms with Crippen LogP contribution in [0.5, 0.6) is 0 Å². The van der Waals surface area contributed by atoms with Crippen LogP contribution >= 0.6 is 34.5 Å². The van der Waals surface area contributed by atoms with E-state index in [1.165, 1.54) is 16.7 Å². The zero-order chi connectivity index (χ0) is 20.8. The van der Waals surface area contributed by atoms with Crippen LogP contribution in [0.4, 0.5) is 0 Å². The first-order valence-corrected chi connectivity index (χ1v) is 13.3. The molecule has 0 aliphatic carbocycles. The highest BCUT2D eigenvalue weighted by molar-refractivity contribution is 7.90. The highest BCUT2D eigenvalue weighted by Gasteiger charge is 2.45. The van der Waals surface area contributed by atoms with Gasteiger partial charge in [0.2, 0.25) is 0 Å². The van der Waals surface area contributed by atoms with Gasteiger partial charge in [-0.1, -0.05) is 23.2 Å². The normalized spacial score (nSPS) is 25.4. The molecule has 2 atom stereocenters. The van der Waals surface area contributed by atoms with Crippen molar-refractivity contribution in [2.24, 2.45) is 0 Å². The van der Waals surface area contributed by atoms with Gasteiger partial charge >= 0.3 is 0 Å². The number of hydrogen-bond acceptors (Lipinski definition) is 6. The number of fused-ring (bicyclic) bond motifs is 2. The third kappa shape index (κ3) is 4.52. The summed E-state index contributed by atoms with van der Waals surface area (Å²) < 4.78 is 31.4. The SMILES string of the molecule is C[C@H]1C[C@@]2(CCN1Cc1cnn(CCS(C)(=O)=O)c1)OCCc1c2sc(Cl)c1Cl. The minimum absolute atomic E-state index is 0.0996. The van der Waals surface area contributed by atoms with Gasteiger partial charge in [-0.15, -0.1) is 11.3 Å². The molecule has 2 aliphatic rings. The molecule has 0 radical (unpaired) electrons. The minimum Gasteiger partial charge on any atom is -0.369 e. The summed E-state index contributed by atoms with van der Waals surface area (Å²) in [6.45, 7) is 4.98. The fraction of sp³-hybridized carbons (Fsp3) is 0.632. The number of sulfone groups is 1. The van der Waals surface area contributed by atoms with Gasteiger partial charge in [-0.25, -0.2) is 8.42 Å². The second kappa shape index (κ2) is 8.13. The molecule has 2 aromatic rings. The Kier molecular flexibility index (Phi) is 6.05. The van der Waals surface area contributed by atoms with E-state index in [0.717, 1.165) is 37.9 Å². The molecular formula is C19H25Cl2N3O3S2. The Labute approximate surface area is 185 Å². The van der Waals surface area contributed by atoms with Crippen molar-refractivity contribution in [3.05, 3.63) is 37.8 Å². The minimum atomic E-state index is -2.99. The lowest BCUT2D eigenvalue weighted by Gasteiger charge is -2.47. The van der Waals surface area contributed by atoms with Crippen molar-refractivity contribution in [3.63, 3.8) is 0 Å². The van der Waals surface area contributed by atoms with Crippen LogP contribution in [0.2, 0.25) is 9.36 Å². The zero-order valence-corrected chi connectivity index (χ0v) is 19.7. The maximum atomic E-state index is 11.4. The van der Waals surface area contributed by atoms with Gasteiger partial charge in [0.25, 0.3) is 0 Å². The number of aromatic nitrogens is 2. The Bertz CT molecular complexity index is 1000. The van der Waals surface area contributed by atoms with Crippen molar-refractivity contribution in [1.82, 2.24) is 14.7 Å². The van der Waals surface area contributed by atoms with Gasteiger partial charge in [-0.2, -0.15) is 5.10 Å². The first-order chi connectivity index (χ1) is 13.7. The molecule has 10 heteroatoms. The first kappa shape index (κ1) is 21.6. The average Bonchev–Trinajstić information content (AvgIpc) is 3.22. The van der Waals surface area contributed by atoms with Gasteiger partial charge in [-0.05, 0) is 31.7 Å². The summed E-state index contributed by atoms with van der Waals surface area (Å²) in [7, 11) is -2.99. The molecule has 2 aromatic heterocycles. The summed E-state index contributed by atoms with van der Waals surface area (Å²) in [6.07, 6.45) is 7.64. The molecule has 0 bridgehead atoms. The van der Waals surface area contributed by atoms with E-state index in [2.05, 4.69) is 16.9 Å². The van der Waals surface area contributed by atoms with Crippen molar-refractivity contribution in [2.75, 3.05) is 25.2 Å². The molecule has 0 aromatic carbocycles. The van der Waals surface area contributed by atoms with Gasteiger partial charge in [0.15, 0.2) is 0 Å². The van der Waals surface area contributed by atoms with E-state index in [1.807, 2.05) is 12.4 Å². The summed E-state index contributed by atoms with van der Waals surface area (Å²) in [6, 6.07) is 0.328. The van der Waals surface area contributed by atoms with Gasteiger partial charge < -0.3 is 4.74 Å². The van der Waals surface area contributed by atoms with Gasteiger partial charge in [0.05, 0.1) is 30.1 Å². The number of thiophene rings is 1. The summed E-state index contributed by atoms with van der Waals surface area (Å²) in [5, 5.41) is 5.01. The van der Waals surface area contributed by atoms with Crippen LogP contribution in [-0.2, 0) is 39.7 Å². The topological polar surface area (TPSA) is 64.4 Å². The first-order valence-electron chi connectivity index (χ1n) is 9.71. The monoisotopic (exact) mass is 477 g/mol. The number of nitrogens with zero attached hydrogens (tertiary/aromatic N) is 3. The smallest absolute Gasteiger partial charge is 0.149 e. The lowest BCUT2D eigenvalue weighted by molar-refractivity contribution is -0.110. The summed E-state index contributed by atoms with van der Waals surface area (Å²) in [4.78, 5) is 3.64. The number of rotatable bonds is 5. The molecule has 1 fully saturated rings. The highest BCUT2D eigenvalue weighted by atomic mass is 35.5. The second-order valence-electron chi connectivity index (χ2n) is 8.11. The number of piperidine rings is 1. The average molecular weight is 478 g/mol. The van der Waals surface area contributed by atoms with Crippen LogP contribution in [0, 0.1) is 0 Å². The lowest BCUT2D eigenvalue weighted by Crippen LogP contribution is -2.49. The Morgan fingerprint density at radius 3 is 2.93 bits per heavy atom. The lowest BCUT2D eigenvalue weighted by atomic mass is 9.82. The molecular weight excluding hydrogens is 453 g/mol. The van der Waals surface area contributed by atoms with Crippen molar-refractivity contribution in [2.45, 2.75) is 50.9 Å². The molecule has 0 unspecified atom stereocenters. The van der Waals surface area contributed by atoms with Crippen LogP contribution < -0.4 is 0 Å². The number of likely N-dealkylation sites (tertiary alicyclic amines) is 1. The molecule has 6 nitrogen and oxygen atoms in total. The van der Waals surface area contributed by atoms with Crippen LogP contribution in [0.25, 0.3) is 0 Å². The quantitative estimate of drug-likeness (QED) is 0.655. The standard InChI is InChI=1S/C19H25Cl2N3O3S2/c1-13-9-19(17-15(3-7-27-19)16(20)18(21)28-17)4-5-23(13)11-14-10-22-24(12-14)6-8-29(2,25)26/h10,12-13H,3-9,11H2,1-2H3/t13-,19+/m0/s1. The maximum Gasteiger partial charge on any atom is 0.149 e. The third-order valence-corrected chi connectivity index (χ3v) is 9.04. The Balaban J connectivity index is 1.43. The van der Waals surface area contributed by atoms with E-state index >= 15 is 0 Å². The predicted octanol–water partition coefficient (Wildman–Crippen LogP) is 3.75. The molecule has 1 saturated heterocycles. The summed E-state index contributed by atoms with van der Waals surface area (Å²) >= 11 is 14.3. The predicted molar refractivity (Wildman–Crippen MR) is 117 cm³/mol. The highest BCUT2D eigenvalue weighted by Crippen LogP contribution is 2.51. The fourth-order valence-corrected chi connectivity index (χ4v) is 6.72. The number of ether oxygens (including phenoxy) is 1. The van der Waals surface area contributed by atoms with Crippen LogP contribution in [0.15, 0.2) is 12.4 Å².